The predicted molar refractivity (Wildman–Crippen MR) is 187 cm³/mol. The number of hydrogen-bond acceptors (Lipinski definition) is 0. The molecule has 1 fully saturated rings. The Morgan fingerprint density at radius 1 is 0.347 bits per heavy atom. The maximum atomic E-state index is 7.50. The zero-order valence-corrected chi connectivity index (χ0v) is 34.2. The normalized spacial score (nSPS) is 12.1. The molecule has 251 valence electrons. The van der Waals surface area contributed by atoms with E-state index in [9.17, 15) is 0 Å². The Morgan fingerprint density at radius 3 is 0.633 bits per heavy atom. The summed E-state index contributed by atoms with van der Waals surface area (Å²) in [4.78, 5) is 0. The largest absolute Gasteiger partial charge is 1.00 e. The van der Waals surface area contributed by atoms with Crippen LogP contribution in [0.5, 0.6) is 0 Å². The van der Waals surface area contributed by atoms with E-state index in [0.29, 0.717) is 0 Å². The third-order valence-electron chi connectivity index (χ3n) is 7.37. The molecule has 0 amide bonds. The van der Waals surface area contributed by atoms with Crippen molar-refractivity contribution < 1.29 is 63.2 Å². The van der Waals surface area contributed by atoms with Crippen LogP contribution >= 0.6 is 15.8 Å². The molecule has 0 aliphatic heterocycles. The van der Waals surface area contributed by atoms with Crippen molar-refractivity contribution in [2.45, 2.75) is 34.6 Å². The van der Waals surface area contributed by atoms with E-state index in [0.717, 1.165) is 0 Å². The average molecular weight is 947 g/mol. The van der Waals surface area contributed by atoms with Gasteiger partial charge in [-0.2, -0.15) is 0 Å². The zero-order valence-electron chi connectivity index (χ0n) is 27.9. The van der Waals surface area contributed by atoms with Gasteiger partial charge in [-0.1, -0.05) is 156 Å². The topological polar surface area (TPSA) is 99.5 Å². The van der Waals surface area contributed by atoms with Crippen LogP contribution in [0, 0.1) is 62.8 Å². The van der Waals surface area contributed by atoms with Gasteiger partial charge in [0.05, 0.1) is 0 Å². The van der Waals surface area contributed by atoms with Crippen LogP contribution in [0.3, 0.4) is 0 Å². The first kappa shape index (κ1) is 53.5. The van der Waals surface area contributed by atoms with Crippen molar-refractivity contribution in [3.05, 3.63) is 184 Å². The summed E-state index contributed by atoms with van der Waals surface area (Å²) in [6, 6.07) is 44.1. The molecule has 4 aromatic rings. The molecule has 4 aromatic carbocycles. The van der Waals surface area contributed by atoms with Crippen LogP contribution in [0.25, 0.3) is 0 Å². The van der Waals surface area contributed by atoms with E-state index < -0.39 is 15.8 Å². The van der Waals surface area contributed by atoms with E-state index in [1.807, 2.05) is 0 Å². The Balaban J connectivity index is -0.000000388. The second kappa shape index (κ2) is 34.2. The molecule has 9 heteroatoms. The van der Waals surface area contributed by atoms with Crippen LogP contribution in [-0.2, 0) is 63.2 Å². The maximum absolute atomic E-state index is 7.50. The molecule has 0 aromatic heterocycles. The van der Waals surface area contributed by atoms with Crippen LogP contribution in [0.4, 0.5) is 0 Å². The Bertz CT molecular complexity index is 1200. The first-order valence-electron chi connectivity index (χ1n) is 13.9. The molecule has 1 aliphatic rings. The van der Waals surface area contributed by atoms with E-state index in [4.69, 9.17) is 23.3 Å². The monoisotopic (exact) mass is 948 g/mol. The molecule has 0 spiro atoms. The van der Waals surface area contributed by atoms with Crippen molar-refractivity contribution >= 4 is 37.1 Å². The fourth-order valence-electron chi connectivity index (χ4n) is 4.60. The third-order valence-corrected chi connectivity index (χ3v) is 13.3. The van der Waals surface area contributed by atoms with Crippen LogP contribution in [-0.4, -0.2) is 5.90 Å². The fraction of sp³-hybridized carbons (Fsp3) is 0.150. The van der Waals surface area contributed by atoms with Crippen molar-refractivity contribution in [1.29, 1.82) is 0 Å². The minimum Gasteiger partial charge on any atom is -0.0622 e. The predicted octanol–water partition coefficient (Wildman–Crippen LogP) is 7.99. The summed E-state index contributed by atoms with van der Waals surface area (Å²) in [5.74, 6) is 8.51. The molecular formula is C40H37O5P2ReRu+. The Labute approximate surface area is 323 Å². The van der Waals surface area contributed by atoms with Crippen LogP contribution in [0.2, 0.25) is 0 Å². The van der Waals surface area contributed by atoms with Gasteiger partial charge >= 0.3 is 76.0 Å². The smallest absolute Gasteiger partial charge is 0.0622 e. The molecular weight excluding hydrogens is 910 g/mol. The summed E-state index contributed by atoms with van der Waals surface area (Å²) in [7, 11) is -0.817. The van der Waals surface area contributed by atoms with Crippen LogP contribution in [0.1, 0.15) is 34.6 Å². The minimum atomic E-state index is -0.409. The molecule has 0 heterocycles. The molecule has 1 aliphatic carbocycles. The van der Waals surface area contributed by atoms with Crippen molar-refractivity contribution in [3.8, 4) is 0 Å². The van der Waals surface area contributed by atoms with Gasteiger partial charge in [-0.3, -0.25) is 0 Å². The molecule has 1 saturated carbocycles. The second-order valence-corrected chi connectivity index (χ2v) is 14.4. The summed E-state index contributed by atoms with van der Waals surface area (Å²) in [5, 5.41) is 5.83. The summed E-state index contributed by atoms with van der Waals surface area (Å²) in [5.41, 5.74) is 0. The third kappa shape index (κ3) is 18.0. The van der Waals surface area contributed by atoms with Gasteiger partial charge in [0.2, 0.25) is 0 Å². The quantitative estimate of drug-likeness (QED) is 0.0811. The number of hydrogen-bond donors (Lipinski definition) is 0. The van der Waals surface area contributed by atoms with E-state index in [1.54, 1.807) is 0 Å². The Hall–Kier alpha value is -2.27. The molecule has 0 atom stereocenters. The molecule has 5 nitrogen and oxygen atoms in total. The first-order chi connectivity index (χ1) is 23.0. The Kier molecular flexibility index (Phi) is 37.3. The van der Waals surface area contributed by atoms with E-state index in [2.05, 4.69) is 189 Å². The number of rotatable bonds is 6. The molecule has 0 N–H and O–H groups in total. The van der Waals surface area contributed by atoms with E-state index in [-0.39, 0.29) is 39.9 Å². The summed E-state index contributed by atoms with van der Waals surface area (Å²) in [6.45, 7) is 33.5. The summed E-state index contributed by atoms with van der Waals surface area (Å²) < 4.78 is 37.5. The van der Waals surface area contributed by atoms with Crippen LogP contribution < -0.4 is 21.2 Å². The van der Waals surface area contributed by atoms with Gasteiger partial charge in [0.1, 0.15) is 0 Å². The van der Waals surface area contributed by atoms with Gasteiger partial charge in [0.25, 0.3) is 0 Å². The van der Waals surface area contributed by atoms with Gasteiger partial charge in [0.15, 0.2) is 0 Å². The molecule has 0 unspecified atom stereocenters. The standard InChI is InChI=1S/C25H22P2.C10H15.5CO.Re.Ru/c1-5-13-22(14-6-1)26(23-15-7-2-8-16-23)21-27(24-17-9-3-10-18-24)25-19-11-4-12-20-25;1-6-7(2)9(4)10(5)8(6)3;5*1-2;;/h1-20H,21H2;1-5H3;;;;;;;/q;;;;;;;;+1. The van der Waals surface area contributed by atoms with Gasteiger partial charge in [0, 0.05) is 26.3 Å². The molecule has 0 bridgehead atoms. The summed E-state index contributed by atoms with van der Waals surface area (Å²) in [6.07, 6.45) is 0. The van der Waals surface area contributed by atoms with Crippen molar-refractivity contribution in [2.24, 2.45) is 0 Å². The van der Waals surface area contributed by atoms with Crippen LogP contribution in [0.15, 0.2) is 121 Å². The van der Waals surface area contributed by atoms with Gasteiger partial charge < -0.3 is 0 Å². The minimum absolute atomic E-state index is 0. The van der Waals surface area contributed by atoms with Gasteiger partial charge in [-0.25, -0.2) is 0 Å². The zero-order chi connectivity index (χ0) is 36.2. The molecule has 0 saturated heterocycles. The average Bonchev–Trinajstić information content (AvgIpc) is 3.35. The molecule has 7 radical (unpaired) electrons. The SMILES string of the molecule is C[C]1[C](C)[C](C)[C](C)[C]1C.[C-]#[O+].[C-]#[O+].[C-]#[O+].[C-]#[O+].[C-]#[O+].[Re].[Ru+].c1ccc(P(CP(c2ccccc2)c2ccccc2)c2ccccc2)cc1. The van der Waals surface area contributed by atoms with Crippen molar-refractivity contribution in [1.82, 2.24) is 0 Å². The first-order valence-corrected chi connectivity index (χ1v) is 17.0. The Morgan fingerprint density at radius 2 is 0.490 bits per heavy atom. The van der Waals surface area contributed by atoms with Gasteiger partial charge in [-0.15, -0.1) is 0 Å². The van der Waals surface area contributed by atoms with E-state index in [1.165, 1.54) is 56.7 Å². The van der Waals surface area contributed by atoms with Crippen molar-refractivity contribution in [3.63, 3.8) is 0 Å². The van der Waals surface area contributed by atoms with E-state index >= 15 is 0 Å². The van der Waals surface area contributed by atoms with Crippen molar-refractivity contribution in [2.75, 3.05) is 5.90 Å². The fourth-order valence-corrected chi connectivity index (χ4v) is 11.1. The second-order valence-electron chi connectivity index (χ2n) is 9.46. The maximum Gasteiger partial charge on any atom is 1.00 e. The number of benzene rings is 4. The molecule has 49 heavy (non-hydrogen) atoms. The van der Waals surface area contributed by atoms with Gasteiger partial charge in [-0.05, 0) is 66.7 Å². The molecule has 5 rings (SSSR count). The summed E-state index contributed by atoms with van der Waals surface area (Å²) >= 11 is 0.